The first-order chi connectivity index (χ1) is 15.5. The Morgan fingerprint density at radius 1 is 1.22 bits per heavy atom. The van der Waals surface area contributed by atoms with Gasteiger partial charge in [-0.2, -0.15) is 0 Å². The molecule has 2 atom stereocenters. The largest absolute Gasteiger partial charge is 0.497 e. The number of methoxy groups -OCH3 is 1. The highest BCUT2D eigenvalue weighted by Crippen LogP contribution is 2.35. The highest BCUT2D eigenvalue weighted by Gasteiger charge is 2.47. The minimum absolute atomic E-state index is 0.0238. The Morgan fingerprint density at radius 2 is 2.03 bits per heavy atom. The molecule has 1 aliphatic carbocycles. The molecule has 2 fully saturated rings. The van der Waals surface area contributed by atoms with Gasteiger partial charge in [0.2, 0.25) is 5.91 Å². The number of likely N-dealkylation sites (tertiary alicyclic amines) is 1. The molecule has 2 aliphatic rings. The molecule has 3 N–H and O–H groups in total. The third-order valence-corrected chi connectivity index (χ3v) is 6.76. The molecule has 2 unspecified atom stereocenters. The number of thiophene rings is 1. The third-order valence-electron chi connectivity index (χ3n) is 5.90. The highest BCUT2D eigenvalue weighted by atomic mass is 32.1. The zero-order chi connectivity index (χ0) is 22.7. The van der Waals surface area contributed by atoms with Crippen molar-refractivity contribution >= 4 is 29.1 Å². The fraction of sp³-hybridized carbons (Fsp3) is 0.435. The van der Waals surface area contributed by atoms with Crippen molar-refractivity contribution in [1.82, 2.24) is 15.1 Å². The Labute approximate surface area is 191 Å². The van der Waals surface area contributed by atoms with Gasteiger partial charge in [0.1, 0.15) is 11.8 Å². The van der Waals surface area contributed by atoms with Crippen LogP contribution in [-0.2, 0) is 4.79 Å². The maximum Gasteiger partial charge on any atom is 0.264 e. The van der Waals surface area contributed by atoms with Crippen molar-refractivity contribution in [3.63, 3.8) is 0 Å². The van der Waals surface area contributed by atoms with E-state index in [9.17, 15) is 14.4 Å². The van der Waals surface area contributed by atoms with Crippen molar-refractivity contribution in [2.45, 2.75) is 37.4 Å². The van der Waals surface area contributed by atoms with Crippen LogP contribution in [0, 0.1) is 0 Å². The molecule has 1 saturated heterocycles. The molecule has 4 rings (SSSR count). The quantitative estimate of drug-likeness (QED) is 0.629. The van der Waals surface area contributed by atoms with E-state index < -0.39 is 6.04 Å². The van der Waals surface area contributed by atoms with E-state index in [4.69, 9.17) is 10.5 Å². The molecule has 9 heteroatoms. The lowest BCUT2D eigenvalue weighted by Gasteiger charge is -2.29. The van der Waals surface area contributed by atoms with E-state index in [1.807, 2.05) is 22.4 Å². The minimum Gasteiger partial charge on any atom is -0.497 e. The number of carbonyl (C=O) groups is 3. The van der Waals surface area contributed by atoms with Crippen LogP contribution in [0.2, 0.25) is 0 Å². The first-order valence-electron chi connectivity index (χ1n) is 10.8. The summed E-state index contributed by atoms with van der Waals surface area (Å²) in [4.78, 5) is 43.8. The van der Waals surface area contributed by atoms with Crippen LogP contribution in [0.4, 0.5) is 0 Å². The van der Waals surface area contributed by atoms with E-state index in [1.165, 1.54) is 11.3 Å². The number of amides is 3. The first-order valence-corrected chi connectivity index (χ1v) is 11.7. The Hall–Kier alpha value is -2.91. The van der Waals surface area contributed by atoms with Gasteiger partial charge in [0.25, 0.3) is 11.8 Å². The second-order valence-corrected chi connectivity index (χ2v) is 9.04. The second-order valence-electron chi connectivity index (χ2n) is 8.10. The fourth-order valence-electron chi connectivity index (χ4n) is 4.23. The summed E-state index contributed by atoms with van der Waals surface area (Å²) in [6, 6.07) is 9.85. The molecule has 2 heterocycles. The zero-order valence-corrected chi connectivity index (χ0v) is 18.8. The smallest absolute Gasteiger partial charge is 0.264 e. The summed E-state index contributed by atoms with van der Waals surface area (Å²) in [7, 11) is 1.54. The molecule has 1 saturated carbocycles. The molecule has 0 spiro atoms. The molecule has 1 aromatic carbocycles. The lowest BCUT2D eigenvalue weighted by Crippen LogP contribution is -2.47. The van der Waals surface area contributed by atoms with Crippen LogP contribution in [0.15, 0.2) is 41.8 Å². The molecular formula is C23H28N4O4S. The monoisotopic (exact) mass is 456 g/mol. The standard InChI is InChI=1S/C23H28N4O4S/c1-31-18-5-2-4-15(12-18)22(29)26-14-17(13-19(26)21(28)25-10-9-24)27(16-7-8-16)23(30)20-6-3-11-32-20/h2-6,11-12,16-17,19H,7-10,13-14,24H2,1H3,(H,25,28). The number of rotatable bonds is 8. The normalized spacial score (nSPS) is 20.1. The molecular weight excluding hydrogens is 428 g/mol. The van der Waals surface area contributed by atoms with Gasteiger partial charge in [-0.3, -0.25) is 14.4 Å². The van der Waals surface area contributed by atoms with Gasteiger partial charge in [-0.25, -0.2) is 0 Å². The average molecular weight is 457 g/mol. The van der Waals surface area contributed by atoms with Gasteiger partial charge < -0.3 is 25.6 Å². The van der Waals surface area contributed by atoms with E-state index >= 15 is 0 Å². The van der Waals surface area contributed by atoms with Gasteiger partial charge in [-0.05, 0) is 48.9 Å². The summed E-state index contributed by atoms with van der Waals surface area (Å²) in [5.74, 6) is 0.0552. The van der Waals surface area contributed by atoms with Gasteiger partial charge in [0.05, 0.1) is 18.0 Å². The maximum atomic E-state index is 13.4. The number of benzene rings is 1. The molecule has 0 radical (unpaired) electrons. The van der Waals surface area contributed by atoms with E-state index in [-0.39, 0.29) is 29.8 Å². The van der Waals surface area contributed by atoms with E-state index in [0.717, 1.165) is 12.8 Å². The van der Waals surface area contributed by atoms with Crippen molar-refractivity contribution in [3.05, 3.63) is 52.2 Å². The summed E-state index contributed by atoms with van der Waals surface area (Å²) in [6.07, 6.45) is 2.29. The van der Waals surface area contributed by atoms with Crippen LogP contribution in [0.25, 0.3) is 0 Å². The topological polar surface area (TPSA) is 105 Å². The molecule has 32 heavy (non-hydrogen) atoms. The van der Waals surface area contributed by atoms with Crippen LogP contribution in [0.3, 0.4) is 0 Å². The minimum atomic E-state index is -0.664. The third kappa shape index (κ3) is 4.63. The van der Waals surface area contributed by atoms with Crippen LogP contribution in [-0.4, -0.2) is 72.4 Å². The number of nitrogens with two attached hydrogens (primary N) is 1. The first kappa shape index (κ1) is 22.3. The number of carbonyl (C=O) groups excluding carboxylic acids is 3. The lowest BCUT2D eigenvalue weighted by atomic mass is 10.1. The molecule has 8 nitrogen and oxygen atoms in total. The van der Waals surface area contributed by atoms with Gasteiger partial charge in [0.15, 0.2) is 0 Å². The van der Waals surface area contributed by atoms with Crippen LogP contribution in [0.5, 0.6) is 5.75 Å². The molecule has 3 amide bonds. The van der Waals surface area contributed by atoms with Crippen molar-refractivity contribution in [1.29, 1.82) is 0 Å². The summed E-state index contributed by atoms with van der Waals surface area (Å²) in [5.41, 5.74) is 6.00. The van der Waals surface area contributed by atoms with Gasteiger partial charge in [0, 0.05) is 31.2 Å². The summed E-state index contributed by atoms with van der Waals surface area (Å²) >= 11 is 1.41. The van der Waals surface area contributed by atoms with E-state index in [1.54, 1.807) is 36.3 Å². The zero-order valence-electron chi connectivity index (χ0n) is 18.0. The highest BCUT2D eigenvalue weighted by molar-refractivity contribution is 7.12. The Balaban J connectivity index is 1.60. The number of nitrogens with zero attached hydrogens (tertiary/aromatic N) is 2. The second kappa shape index (κ2) is 9.70. The van der Waals surface area contributed by atoms with Crippen molar-refractivity contribution in [2.75, 3.05) is 26.7 Å². The van der Waals surface area contributed by atoms with E-state index in [2.05, 4.69) is 5.32 Å². The van der Waals surface area contributed by atoms with Crippen LogP contribution >= 0.6 is 11.3 Å². The molecule has 170 valence electrons. The van der Waals surface area contributed by atoms with Crippen LogP contribution in [0.1, 0.15) is 39.3 Å². The Kier molecular flexibility index (Phi) is 6.76. The van der Waals surface area contributed by atoms with Crippen molar-refractivity contribution in [3.8, 4) is 5.75 Å². The lowest BCUT2D eigenvalue weighted by molar-refractivity contribution is -0.124. The molecule has 1 aromatic heterocycles. The predicted octanol–water partition coefficient (Wildman–Crippen LogP) is 1.72. The van der Waals surface area contributed by atoms with E-state index in [0.29, 0.717) is 42.2 Å². The Bertz CT molecular complexity index is 976. The fourth-order valence-corrected chi connectivity index (χ4v) is 4.90. The van der Waals surface area contributed by atoms with Gasteiger partial charge in [-0.1, -0.05) is 12.1 Å². The van der Waals surface area contributed by atoms with Crippen molar-refractivity contribution in [2.24, 2.45) is 5.73 Å². The van der Waals surface area contributed by atoms with Gasteiger partial charge >= 0.3 is 0 Å². The SMILES string of the molecule is COc1cccc(C(=O)N2CC(N(C(=O)c3cccs3)C3CC3)CC2C(=O)NCCN)c1. The Morgan fingerprint density at radius 3 is 2.69 bits per heavy atom. The maximum absolute atomic E-state index is 13.4. The number of ether oxygens (including phenoxy) is 1. The molecule has 2 aromatic rings. The summed E-state index contributed by atoms with van der Waals surface area (Å²) < 4.78 is 5.25. The number of hydrogen-bond donors (Lipinski definition) is 2. The summed E-state index contributed by atoms with van der Waals surface area (Å²) in [5, 5.41) is 4.69. The average Bonchev–Trinajstić information content (AvgIpc) is 3.31. The number of hydrogen-bond acceptors (Lipinski definition) is 6. The molecule has 0 bridgehead atoms. The summed E-state index contributed by atoms with van der Waals surface area (Å²) in [6.45, 7) is 0.961. The number of nitrogens with one attached hydrogen (secondary N) is 1. The van der Waals surface area contributed by atoms with Gasteiger partial charge in [-0.15, -0.1) is 11.3 Å². The predicted molar refractivity (Wildman–Crippen MR) is 122 cm³/mol. The molecule has 1 aliphatic heterocycles. The van der Waals surface area contributed by atoms with Crippen molar-refractivity contribution < 1.29 is 19.1 Å². The van der Waals surface area contributed by atoms with Crippen LogP contribution < -0.4 is 15.8 Å².